The van der Waals surface area contributed by atoms with Gasteiger partial charge in [-0.2, -0.15) is 0 Å². The molecule has 1 amide bonds. The number of nitrogens with one attached hydrogen (secondary N) is 1. The molecule has 0 aliphatic carbocycles. The number of fused-ring (bicyclic) bond motifs is 1. The Kier molecular flexibility index (Phi) is 5.00. The summed E-state index contributed by atoms with van der Waals surface area (Å²) in [6.45, 7) is 7.62. The summed E-state index contributed by atoms with van der Waals surface area (Å²) in [4.78, 5) is 15.4. The summed E-state index contributed by atoms with van der Waals surface area (Å²) in [6, 6.07) is 7.81. The van der Waals surface area contributed by atoms with Crippen molar-refractivity contribution >= 4 is 16.9 Å². The van der Waals surface area contributed by atoms with Crippen LogP contribution in [0.5, 0.6) is 0 Å². The molecule has 0 saturated carbocycles. The zero-order valence-electron chi connectivity index (χ0n) is 15.6. The van der Waals surface area contributed by atoms with E-state index in [1.54, 1.807) is 0 Å². The van der Waals surface area contributed by atoms with Crippen molar-refractivity contribution in [1.29, 1.82) is 0 Å². The second-order valence-corrected chi connectivity index (χ2v) is 7.83. The molecule has 2 aliphatic heterocycles. The molecule has 1 aromatic heterocycles. The van der Waals surface area contributed by atoms with Crippen LogP contribution in [-0.2, 0) is 4.74 Å². The fourth-order valence-electron chi connectivity index (χ4n) is 4.35. The van der Waals surface area contributed by atoms with Crippen molar-refractivity contribution in [2.75, 3.05) is 39.4 Å². The molecule has 3 heterocycles. The summed E-state index contributed by atoms with van der Waals surface area (Å²) in [5.41, 5.74) is 1.80. The molecule has 4 rings (SSSR count). The van der Waals surface area contributed by atoms with Crippen molar-refractivity contribution in [3.63, 3.8) is 0 Å². The molecule has 0 atom stereocenters. The van der Waals surface area contributed by atoms with E-state index in [9.17, 15) is 4.79 Å². The smallest absolute Gasteiger partial charge is 0.287 e. The van der Waals surface area contributed by atoms with Gasteiger partial charge in [0.1, 0.15) is 5.58 Å². The van der Waals surface area contributed by atoms with E-state index in [1.165, 1.54) is 25.9 Å². The monoisotopic (exact) mass is 356 g/mol. The van der Waals surface area contributed by atoms with E-state index in [4.69, 9.17) is 9.15 Å². The van der Waals surface area contributed by atoms with Crippen LogP contribution in [-0.4, -0.2) is 50.2 Å². The number of rotatable bonds is 5. The molecule has 2 saturated heterocycles. The lowest BCUT2D eigenvalue weighted by Crippen LogP contribution is -2.48. The maximum Gasteiger partial charge on any atom is 0.287 e. The minimum atomic E-state index is -0.106. The van der Waals surface area contributed by atoms with Gasteiger partial charge in [0, 0.05) is 42.7 Å². The molecule has 1 N–H and O–H groups in total. The van der Waals surface area contributed by atoms with Crippen LogP contribution in [0.1, 0.15) is 41.8 Å². The van der Waals surface area contributed by atoms with Gasteiger partial charge in [-0.1, -0.05) is 18.2 Å². The highest BCUT2D eigenvalue weighted by Crippen LogP contribution is 2.32. The molecule has 0 spiro atoms. The molecule has 0 unspecified atom stereocenters. The Morgan fingerprint density at radius 1 is 1.19 bits per heavy atom. The fraction of sp³-hybridized carbons (Fsp3) is 0.571. The Bertz CT molecular complexity index is 771. The number of likely N-dealkylation sites (tertiary alicyclic amines) is 1. The number of carbonyl (C=O) groups is 1. The lowest BCUT2D eigenvalue weighted by molar-refractivity contribution is -0.000747. The summed E-state index contributed by atoms with van der Waals surface area (Å²) in [5.74, 6) is 0.334. The lowest BCUT2D eigenvalue weighted by Gasteiger charge is -2.40. The average molecular weight is 356 g/mol. The third-order valence-corrected chi connectivity index (χ3v) is 5.99. The number of nitrogens with zero attached hydrogens (tertiary/aromatic N) is 1. The third-order valence-electron chi connectivity index (χ3n) is 5.99. The SMILES string of the molecule is Cc1c(C(=O)NCC2(CN3CCCC3)CCOCC2)oc2ccccc12. The van der Waals surface area contributed by atoms with Gasteiger partial charge in [-0.15, -0.1) is 0 Å². The molecular weight excluding hydrogens is 328 g/mol. The second kappa shape index (κ2) is 7.41. The van der Waals surface area contributed by atoms with E-state index in [2.05, 4.69) is 10.2 Å². The molecule has 5 heteroatoms. The summed E-state index contributed by atoms with van der Waals surface area (Å²) in [7, 11) is 0. The zero-order chi connectivity index (χ0) is 18.0. The first-order chi connectivity index (χ1) is 12.7. The number of amides is 1. The van der Waals surface area contributed by atoms with Crippen LogP contribution < -0.4 is 5.32 Å². The van der Waals surface area contributed by atoms with E-state index >= 15 is 0 Å². The standard InChI is InChI=1S/C21H28N2O3/c1-16-17-6-2-3-7-18(17)26-19(16)20(24)22-14-21(8-12-25-13-9-21)15-23-10-4-5-11-23/h2-3,6-7H,4-5,8-15H2,1H3,(H,22,24). The van der Waals surface area contributed by atoms with Gasteiger partial charge in [0.25, 0.3) is 5.91 Å². The molecule has 2 aliphatic rings. The van der Waals surface area contributed by atoms with Crippen LogP contribution in [0.4, 0.5) is 0 Å². The number of aryl methyl sites for hydroxylation is 1. The first-order valence-electron chi connectivity index (χ1n) is 9.73. The number of benzene rings is 1. The van der Waals surface area contributed by atoms with Crippen molar-refractivity contribution in [2.45, 2.75) is 32.6 Å². The van der Waals surface area contributed by atoms with Crippen LogP contribution in [0, 0.1) is 12.3 Å². The van der Waals surface area contributed by atoms with Crippen molar-refractivity contribution in [3.05, 3.63) is 35.6 Å². The highest BCUT2D eigenvalue weighted by molar-refractivity contribution is 5.98. The van der Waals surface area contributed by atoms with Crippen LogP contribution in [0.25, 0.3) is 11.0 Å². The van der Waals surface area contributed by atoms with Crippen LogP contribution in [0.3, 0.4) is 0 Å². The molecule has 2 fully saturated rings. The summed E-state index contributed by atoms with van der Waals surface area (Å²) >= 11 is 0. The van der Waals surface area contributed by atoms with E-state index in [0.717, 1.165) is 49.1 Å². The minimum Gasteiger partial charge on any atom is -0.451 e. The summed E-state index contributed by atoms with van der Waals surface area (Å²) < 4.78 is 11.4. The molecule has 140 valence electrons. The number of furan rings is 1. The van der Waals surface area contributed by atoms with Crippen molar-refractivity contribution < 1.29 is 13.9 Å². The molecule has 5 nitrogen and oxygen atoms in total. The molecule has 0 radical (unpaired) electrons. The highest BCUT2D eigenvalue weighted by Gasteiger charge is 2.36. The first-order valence-corrected chi connectivity index (χ1v) is 9.73. The van der Waals surface area contributed by atoms with E-state index in [0.29, 0.717) is 12.3 Å². The summed E-state index contributed by atoms with van der Waals surface area (Å²) in [5, 5.41) is 4.18. The van der Waals surface area contributed by atoms with Gasteiger partial charge in [-0.3, -0.25) is 4.79 Å². The fourth-order valence-corrected chi connectivity index (χ4v) is 4.35. The Hall–Kier alpha value is -1.85. The number of para-hydroxylation sites is 1. The van der Waals surface area contributed by atoms with Gasteiger partial charge in [0.05, 0.1) is 0 Å². The van der Waals surface area contributed by atoms with E-state index in [-0.39, 0.29) is 11.3 Å². The quantitative estimate of drug-likeness (QED) is 0.892. The second-order valence-electron chi connectivity index (χ2n) is 7.83. The Morgan fingerprint density at radius 3 is 2.65 bits per heavy atom. The molecule has 26 heavy (non-hydrogen) atoms. The third kappa shape index (κ3) is 3.51. The van der Waals surface area contributed by atoms with Gasteiger partial charge in [-0.05, 0) is 51.8 Å². The topological polar surface area (TPSA) is 54.7 Å². The number of hydrogen-bond donors (Lipinski definition) is 1. The maximum absolute atomic E-state index is 12.8. The molecular formula is C21H28N2O3. The van der Waals surface area contributed by atoms with E-state index in [1.807, 2.05) is 31.2 Å². The van der Waals surface area contributed by atoms with E-state index < -0.39 is 0 Å². The van der Waals surface area contributed by atoms with Gasteiger partial charge >= 0.3 is 0 Å². The van der Waals surface area contributed by atoms with Crippen molar-refractivity contribution in [1.82, 2.24) is 10.2 Å². The first kappa shape index (κ1) is 17.6. The van der Waals surface area contributed by atoms with Gasteiger partial charge in [-0.25, -0.2) is 0 Å². The number of ether oxygens (including phenoxy) is 1. The van der Waals surface area contributed by atoms with Crippen LogP contribution >= 0.6 is 0 Å². The normalized spacial score (nSPS) is 20.5. The van der Waals surface area contributed by atoms with Crippen LogP contribution in [0.2, 0.25) is 0 Å². The molecule has 0 bridgehead atoms. The maximum atomic E-state index is 12.8. The predicted octanol–water partition coefficient (Wildman–Crippen LogP) is 3.36. The summed E-state index contributed by atoms with van der Waals surface area (Å²) in [6.07, 6.45) is 4.58. The molecule has 1 aromatic carbocycles. The number of hydrogen-bond acceptors (Lipinski definition) is 4. The lowest BCUT2D eigenvalue weighted by atomic mass is 9.79. The van der Waals surface area contributed by atoms with Gasteiger partial charge < -0.3 is 19.4 Å². The largest absolute Gasteiger partial charge is 0.451 e. The molecule has 2 aromatic rings. The van der Waals surface area contributed by atoms with Gasteiger partial charge in [0.15, 0.2) is 5.76 Å². The minimum absolute atomic E-state index is 0.106. The van der Waals surface area contributed by atoms with Gasteiger partial charge in [0.2, 0.25) is 0 Å². The zero-order valence-corrected chi connectivity index (χ0v) is 15.6. The Morgan fingerprint density at radius 2 is 1.92 bits per heavy atom. The predicted molar refractivity (Wildman–Crippen MR) is 101 cm³/mol. The Labute approximate surface area is 154 Å². The number of carbonyl (C=O) groups excluding carboxylic acids is 1. The highest BCUT2D eigenvalue weighted by atomic mass is 16.5. The van der Waals surface area contributed by atoms with Crippen molar-refractivity contribution in [3.8, 4) is 0 Å². The average Bonchev–Trinajstić information content (AvgIpc) is 3.29. The van der Waals surface area contributed by atoms with Crippen LogP contribution in [0.15, 0.2) is 28.7 Å². The van der Waals surface area contributed by atoms with Crippen molar-refractivity contribution in [2.24, 2.45) is 5.41 Å². The Balaban J connectivity index is 1.47.